The fraction of sp³-hybridized carbons (Fsp3) is 0.333. The van der Waals surface area contributed by atoms with Crippen molar-refractivity contribution in [2.45, 2.75) is 33.9 Å². The number of hydrogen-bond acceptors (Lipinski definition) is 5. The average Bonchev–Trinajstić information content (AvgIpc) is 3.21. The highest BCUT2D eigenvalue weighted by molar-refractivity contribution is 7.16. The van der Waals surface area contributed by atoms with Crippen LogP contribution in [0.25, 0.3) is 10.2 Å². The Hall–Kier alpha value is -2.74. The summed E-state index contributed by atoms with van der Waals surface area (Å²) < 4.78 is 9.18. The number of benzene rings is 1. The Labute approximate surface area is 154 Å². The summed E-state index contributed by atoms with van der Waals surface area (Å²) in [6.07, 6.45) is 1.74. The molecule has 1 amide bonds. The standard InChI is InChI=1S/C18H20N4O3S/c1-5-21-7-6-13(20-21)17(24)19-18-22(10-15(23)25-4)14-9-11(2)8-12(3)16(14)26-18/h6-9H,5,10H2,1-4H3. The maximum atomic E-state index is 12.5. The number of ether oxygens (including phenoxy) is 1. The van der Waals surface area contributed by atoms with Crippen LogP contribution >= 0.6 is 11.3 Å². The maximum absolute atomic E-state index is 12.5. The summed E-state index contributed by atoms with van der Waals surface area (Å²) in [6, 6.07) is 5.69. The zero-order chi connectivity index (χ0) is 18.8. The van der Waals surface area contributed by atoms with Gasteiger partial charge in [-0.3, -0.25) is 14.3 Å². The lowest BCUT2D eigenvalue weighted by atomic mass is 10.1. The second kappa shape index (κ2) is 7.25. The lowest BCUT2D eigenvalue weighted by molar-refractivity contribution is -0.141. The SMILES string of the molecule is CCn1ccc(C(=O)N=c2sc3c(C)cc(C)cc3n2CC(=O)OC)n1. The number of thiazole rings is 1. The van der Waals surface area contributed by atoms with E-state index < -0.39 is 11.9 Å². The molecule has 0 saturated heterocycles. The van der Waals surface area contributed by atoms with Crippen LogP contribution in [0, 0.1) is 13.8 Å². The smallest absolute Gasteiger partial charge is 0.325 e. The minimum absolute atomic E-state index is 0.00505. The van der Waals surface area contributed by atoms with Crippen LogP contribution in [0.5, 0.6) is 0 Å². The molecule has 3 aromatic rings. The molecule has 26 heavy (non-hydrogen) atoms. The topological polar surface area (TPSA) is 78.5 Å². The maximum Gasteiger partial charge on any atom is 0.325 e. The summed E-state index contributed by atoms with van der Waals surface area (Å²) in [7, 11) is 1.34. The second-order valence-corrected chi connectivity index (χ2v) is 6.93. The monoisotopic (exact) mass is 372 g/mol. The molecule has 0 aliphatic heterocycles. The lowest BCUT2D eigenvalue weighted by Gasteiger charge is -2.05. The summed E-state index contributed by atoms with van der Waals surface area (Å²) in [5, 5.41) is 4.19. The Bertz CT molecular complexity index is 1060. The Balaban J connectivity index is 2.17. The summed E-state index contributed by atoms with van der Waals surface area (Å²) in [5.41, 5.74) is 3.30. The van der Waals surface area contributed by atoms with Gasteiger partial charge < -0.3 is 9.30 Å². The number of aromatic nitrogens is 3. The highest BCUT2D eigenvalue weighted by Gasteiger charge is 2.15. The number of fused-ring (bicyclic) bond motifs is 1. The van der Waals surface area contributed by atoms with Gasteiger partial charge in [-0.25, -0.2) is 0 Å². The first-order valence-electron chi connectivity index (χ1n) is 8.22. The Morgan fingerprint density at radius 3 is 2.73 bits per heavy atom. The summed E-state index contributed by atoms with van der Waals surface area (Å²) in [6.45, 7) is 6.61. The van der Waals surface area contributed by atoms with Crippen LogP contribution in [-0.4, -0.2) is 33.3 Å². The molecule has 1 aromatic carbocycles. The van der Waals surface area contributed by atoms with Crippen LogP contribution in [0.1, 0.15) is 28.5 Å². The first kappa shape index (κ1) is 18.1. The normalized spacial score (nSPS) is 11.9. The van der Waals surface area contributed by atoms with Crippen LogP contribution in [0.2, 0.25) is 0 Å². The van der Waals surface area contributed by atoms with Crippen molar-refractivity contribution in [3.63, 3.8) is 0 Å². The zero-order valence-electron chi connectivity index (χ0n) is 15.1. The molecular weight excluding hydrogens is 352 g/mol. The van der Waals surface area contributed by atoms with Gasteiger partial charge in [0.1, 0.15) is 6.54 Å². The molecule has 2 aromatic heterocycles. The van der Waals surface area contributed by atoms with Crippen LogP contribution in [-0.2, 0) is 22.6 Å². The Kier molecular flexibility index (Phi) is 5.03. The highest BCUT2D eigenvalue weighted by Crippen LogP contribution is 2.23. The number of rotatable bonds is 4. The molecule has 0 aliphatic carbocycles. The predicted molar refractivity (Wildman–Crippen MR) is 99.1 cm³/mol. The molecule has 0 aliphatic rings. The number of carbonyl (C=O) groups is 2. The zero-order valence-corrected chi connectivity index (χ0v) is 16.0. The highest BCUT2D eigenvalue weighted by atomic mass is 32.1. The van der Waals surface area contributed by atoms with E-state index in [1.807, 2.05) is 26.8 Å². The largest absolute Gasteiger partial charge is 0.468 e. The number of esters is 1. The molecule has 0 saturated carbocycles. The van der Waals surface area contributed by atoms with Crippen molar-refractivity contribution < 1.29 is 14.3 Å². The van der Waals surface area contributed by atoms with Gasteiger partial charge in [-0.05, 0) is 44.0 Å². The minimum Gasteiger partial charge on any atom is -0.468 e. The van der Waals surface area contributed by atoms with Crippen molar-refractivity contribution in [3.05, 3.63) is 46.0 Å². The van der Waals surface area contributed by atoms with Gasteiger partial charge in [0.05, 0.1) is 17.3 Å². The van der Waals surface area contributed by atoms with E-state index in [4.69, 9.17) is 4.74 Å². The van der Waals surface area contributed by atoms with E-state index in [9.17, 15) is 9.59 Å². The first-order chi connectivity index (χ1) is 12.4. The summed E-state index contributed by atoms with van der Waals surface area (Å²) in [5.74, 6) is -0.829. The first-order valence-corrected chi connectivity index (χ1v) is 9.04. The van der Waals surface area contributed by atoms with Crippen molar-refractivity contribution in [2.24, 2.45) is 4.99 Å². The van der Waals surface area contributed by atoms with Crippen LogP contribution in [0.3, 0.4) is 0 Å². The van der Waals surface area contributed by atoms with E-state index in [-0.39, 0.29) is 12.2 Å². The molecule has 0 unspecified atom stereocenters. The van der Waals surface area contributed by atoms with Gasteiger partial charge in [-0.15, -0.1) is 0 Å². The third kappa shape index (κ3) is 3.45. The van der Waals surface area contributed by atoms with Gasteiger partial charge in [-0.1, -0.05) is 17.4 Å². The fourth-order valence-electron chi connectivity index (χ4n) is 2.74. The van der Waals surface area contributed by atoms with Crippen LogP contribution < -0.4 is 4.80 Å². The van der Waals surface area contributed by atoms with E-state index in [1.165, 1.54) is 18.4 Å². The molecule has 136 valence electrons. The van der Waals surface area contributed by atoms with Crippen molar-refractivity contribution in [1.82, 2.24) is 14.3 Å². The summed E-state index contributed by atoms with van der Waals surface area (Å²) >= 11 is 1.38. The molecule has 0 atom stereocenters. The fourth-order valence-corrected chi connectivity index (χ4v) is 3.82. The average molecular weight is 372 g/mol. The summed E-state index contributed by atoms with van der Waals surface area (Å²) in [4.78, 5) is 29.1. The molecule has 3 rings (SSSR count). The third-order valence-corrected chi connectivity index (χ3v) is 5.24. The van der Waals surface area contributed by atoms with Gasteiger partial charge in [0.25, 0.3) is 5.91 Å². The van der Waals surface area contributed by atoms with Crippen molar-refractivity contribution >= 4 is 33.4 Å². The van der Waals surface area contributed by atoms with Crippen molar-refractivity contribution in [3.8, 4) is 0 Å². The number of amides is 1. The second-order valence-electron chi connectivity index (χ2n) is 5.95. The quantitative estimate of drug-likeness (QED) is 0.659. The molecule has 0 fully saturated rings. The van der Waals surface area contributed by atoms with Gasteiger partial charge in [0, 0.05) is 12.7 Å². The third-order valence-electron chi connectivity index (χ3n) is 4.01. The number of aryl methyl sites for hydroxylation is 3. The van der Waals surface area contributed by atoms with E-state index in [0.717, 1.165) is 21.3 Å². The van der Waals surface area contributed by atoms with Crippen molar-refractivity contribution in [1.29, 1.82) is 0 Å². The lowest BCUT2D eigenvalue weighted by Crippen LogP contribution is -2.22. The van der Waals surface area contributed by atoms with Gasteiger partial charge in [0.15, 0.2) is 10.5 Å². The molecule has 0 radical (unpaired) electrons. The number of nitrogens with zero attached hydrogens (tertiary/aromatic N) is 4. The van der Waals surface area contributed by atoms with Gasteiger partial charge >= 0.3 is 5.97 Å². The number of methoxy groups -OCH3 is 1. The van der Waals surface area contributed by atoms with Crippen LogP contribution in [0.4, 0.5) is 0 Å². The number of hydrogen-bond donors (Lipinski definition) is 0. The Morgan fingerprint density at radius 1 is 1.31 bits per heavy atom. The molecule has 7 nitrogen and oxygen atoms in total. The van der Waals surface area contributed by atoms with E-state index in [1.54, 1.807) is 21.5 Å². The molecular formula is C18H20N4O3S. The van der Waals surface area contributed by atoms with Gasteiger partial charge in [-0.2, -0.15) is 10.1 Å². The molecule has 0 bridgehead atoms. The van der Waals surface area contributed by atoms with E-state index >= 15 is 0 Å². The minimum atomic E-state index is -0.434. The predicted octanol–water partition coefficient (Wildman–Crippen LogP) is 2.45. The van der Waals surface area contributed by atoms with E-state index in [0.29, 0.717) is 11.3 Å². The molecule has 0 N–H and O–H groups in total. The molecule has 2 heterocycles. The molecule has 8 heteroatoms. The Morgan fingerprint density at radius 2 is 2.08 bits per heavy atom. The van der Waals surface area contributed by atoms with E-state index in [2.05, 4.69) is 16.2 Å². The number of carbonyl (C=O) groups excluding carboxylic acids is 2. The van der Waals surface area contributed by atoms with Crippen LogP contribution in [0.15, 0.2) is 29.4 Å². The van der Waals surface area contributed by atoms with Crippen molar-refractivity contribution in [2.75, 3.05) is 7.11 Å². The molecule has 0 spiro atoms. The van der Waals surface area contributed by atoms with Gasteiger partial charge in [0.2, 0.25) is 0 Å².